The van der Waals surface area contributed by atoms with Crippen LogP contribution in [0.25, 0.3) is 27.0 Å². The Morgan fingerprint density at radius 3 is 2.35 bits per heavy atom. The highest BCUT2D eigenvalue weighted by Crippen LogP contribution is 2.33. The molecule has 5 rings (SSSR count). The Bertz CT molecular complexity index is 1340. The first-order chi connectivity index (χ1) is 16.7. The lowest BCUT2D eigenvalue weighted by molar-refractivity contribution is -0.130. The number of fused-ring (bicyclic) bond motifs is 1. The number of hydrogen-bond donors (Lipinski definition) is 0. The summed E-state index contributed by atoms with van der Waals surface area (Å²) in [6.45, 7) is 6.46. The quantitative estimate of drug-likeness (QED) is 0.297. The third-order valence-corrected chi connectivity index (χ3v) is 7.97. The molecule has 0 bridgehead atoms. The molecule has 1 fully saturated rings. The maximum absolute atomic E-state index is 13.8. The van der Waals surface area contributed by atoms with Gasteiger partial charge in [-0.25, -0.2) is 4.98 Å². The van der Waals surface area contributed by atoms with Crippen molar-refractivity contribution < 1.29 is 4.79 Å². The average molecular weight is 491 g/mol. The second-order valence-electron chi connectivity index (χ2n) is 8.17. The van der Waals surface area contributed by atoms with E-state index in [0.29, 0.717) is 15.4 Å². The Balaban J connectivity index is 1.50. The number of para-hydroxylation sites is 1. The molecule has 1 aliphatic heterocycles. The fourth-order valence-corrected chi connectivity index (χ4v) is 6.14. The molecule has 1 amide bonds. The van der Waals surface area contributed by atoms with Gasteiger partial charge in [0.2, 0.25) is 5.91 Å². The predicted octanol–water partition coefficient (Wildman–Crippen LogP) is 4.37. The van der Waals surface area contributed by atoms with Crippen LogP contribution < -0.4 is 5.56 Å². The predicted molar refractivity (Wildman–Crippen MR) is 140 cm³/mol. The van der Waals surface area contributed by atoms with Crippen LogP contribution in [0.5, 0.6) is 0 Å². The molecule has 2 aromatic carbocycles. The molecule has 4 aromatic rings. The van der Waals surface area contributed by atoms with Gasteiger partial charge in [-0.3, -0.25) is 14.2 Å². The van der Waals surface area contributed by atoms with E-state index < -0.39 is 0 Å². The number of amides is 1. The van der Waals surface area contributed by atoms with Crippen molar-refractivity contribution >= 4 is 39.2 Å². The normalized spacial score (nSPS) is 14.6. The molecular formula is C26H26N4O2S2. The molecular weight excluding hydrogens is 464 g/mol. The van der Waals surface area contributed by atoms with Gasteiger partial charge in [-0.2, -0.15) is 0 Å². The van der Waals surface area contributed by atoms with Crippen LogP contribution in [0.1, 0.15) is 6.92 Å². The second-order valence-corrected chi connectivity index (χ2v) is 9.97. The number of thiophene rings is 1. The van der Waals surface area contributed by atoms with Crippen molar-refractivity contribution in [2.45, 2.75) is 12.1 Å². The minimum atomic E-state index is -0.109. The molecule has 1 saturated heterocycles. The summed E-state index contributed by atoms with van der Waals surface area (Å²) in [5.41, 5.74) is 2.53. The molecule has 34 heavy (non-hydrogen) atoms. The first kappa shape index (κ1) is 22.8. The second kappa shape index (κ2) is 10.1. The minimum absolute atomic E-state index is 0.0888. The van der Waals surface area contributed by atoms with Crippen LogP contribution in [0.15, 0.2) is 76.0 Å². The summed E-state index contributed by atoms with van der Waals surface area (Å²) in [5.74, 6) is 0.347. The molecule has 0 atom stereocenters. The van der Waals surface area contributed by atoms with Gasteiger partial charge in [-0.1, -0.05) is 67.2 Å². The summed E-state index contributed by atoms with van der Waals surface area (Å²) >= 11 is 2.81. The largest absolute Gasteiger partial charge is 0.339 e. The van der Waals surface area contributed by atoms with E-state index >= 15 is 0 Å². The number of piperazine rings is 1. The number of hydrogen-bond acceptors (Lipinski definition) is 6. The molecule has 0 saturated carbocycles. The van der Waals surface area contributed by atoms with Gasteiger partial charge in [0.1, 0.15) is 4.83 Å². The Labute approximate surface area is 206 Å². The summed E-state index contributed by atoms with van der Waals surface area (Å²) < 4.78 is 1.65. The average Bonchev–Trinajstić information content (AvgIpc) is 3.33. The molecule has 0 N–H and O–H groups in total. The van der Waals surface area contributed by atoms with Gasteiger partial charge in [0, 0.05) is 37.1 Å². The van der Waals surface area contributed by atoms with E-state index in [4.69, 9.17) is 4.98 Å². The number of carbonyl (C=O) groups excluding carboxylic acids is 1. The standard InChI is InChI=1S/C26H26N4O2S2/c1-2-28-13-15-29(16-14-28)22(31)18-34-26-27-24-23(21(17-33-24)19-9-5-3-6-10-19)25(32)30(26)20-11-7-4-8-12-20/h3-12,17H,2,13-16,18H2,1H3. The summed E-state index contributed by atoms with van der Waals surface area (Å²) in [6.07, 6.45) is 0. The SMILES string of the molecule is CCN1CCN(C(=O)CSc2nc3scc(-c4ccccc4)c3c(=O)n2-c2ccccc2)CC1. The van der Waals surface area contributed by atoms with E-state index in [9.17, 15) is 9.59 Å². The van der Waals surface area contributed by atoms with Crippen LogP contribution in [0.2, 0.25) is 0 Å². The first-order valence-electron chi connectivity index (χ1n) is 11.4. The minimum Gasteiger partial charge on any atom is -0.339 e. The summed E-state index contributed by atoms with van der Waals surface area (Å²) in [5, 5.41) is 3.16. The van der Waals surface area contributed by atoms with Gasteiger partial charge in [0.15, 0.2) is 5.16 Å². The first-order valence-corrected chi connectivity index (χ1v) is 13.3. The third-order valence-electron chi connectivity index (χ3n) is 6.17. The molecule has 8 heteroatoms. The van der Waals surface area contributed by atoms with E-state index in [1.165, 1.54) is 23.1 Å². The van der Waals surface area contributed by atoms with Crippen LogP contribution in [0, 0.1) is 0 Å². The molecule has 0 unspecified atom stereocenters. The fraction of sp³-hybridized carbons (Fsp3) is 0.269. The van der Waals surface area contributed by atoms with Crippen LogP contribution in [-0.2, 0) is 4.79 Å². The van der Waals surface area contributed by atoms with Crippen LogP contribution >= 0.6 is 23.1 Å². The van der Waals surface area contributed by atoms with Gasteiger partial charge in [-0.15, -0.1) is 11.3 Å². The Morgan fingerprint density at radius 1 is 1.00 bits per heavy atom. The maximum atomic E-state index is 13.8. The highest BCUT2D eigenvalue weighted by Gasteiger charge is 2.23. The molecule has 2 aromatic heterocycles. The lowest BCUT2D eigenvalue weighted by atomic mass is 10.1. The van der Waals surface area contributed by atoms with Gasteiger partial charge in [-0.05, 0) is 24.2 Å². The van der Waals surface area contributed by atoms with Crippen molar-refractivity contribution in [3.63, 3.8) is 0 Å². The number of nitrogens with zero attached hydrogens (tertiary/aromatic N) is 4. The number of aromatic nitrogens is 2. The number of rotatable bonds is 6. The summed E-state index contributed by atoms with van der Waals surface area (Å²) in [4.78, 5) is 36.6. The van der Waals surface area contributed by atoms with Gasteiger partial charge >= 0.3 is 0 Å². The molecule has 0 spiro atoms. The number of carbonyl (C=O) groups is 1. The monoisotopic (exact) mass is 490 g/mol. The maximum Gasteiger partial charge on any atom is 0.268 e. The van der Waals surface area contributed by atoms with Crippen molar-refractivity contribution in [3.8, 4) is 16.8 Å². The Hall–Kier alpha value is -2.94. The number of thioether (sulfide) groups is 1. The third kappa shape index (κ3) is 4.53. The molecule has 0 radical (unpaired) electrons. The van der Waals surface area contributed by atoms with Crippen molar-refractivity contribution in [2.75, 3.05) is 38.5 Å². The van der Waals surface area contributed by atoms with Crippen molar-refractivity contribution in [1.82, 2.24) is 19.4 Å². The lowest BCUT2D eigenvalue weighted by Crippen LogP contribution is -2.49. The van der Waals surface area contributed by atoms with Crippen LogP contribution in [0.3, 0.4) is 0 Å². The lowest BCUT2D eigenvalue weighted by Gasteiger charge is -2.34. The number of likely N-dealkylation sites (N-methyl/N-ethyl adjacent to an activating group) is 1. The molecule has 3 heterocycles. The Kier molecular flexibility index (Phi) is 6.80. The zero-order valence-electron chi connectivity index (χ0n) is 19.0. The fourth-order valence-electron chi connectivity index (χ4n) is 4.24. The molecule has 174 valence electrons. The molecule has 1 aliphatic rings. The van der Waals surface area contributed by atoms with Crippen molar-refractivity contribution in [1.29, 1.82) is 0 Å². The Morgan fingerprint density at radius 2 is 1.68 bits per heavy atom. The zero-order valence-corrected chi connectivity index (χ0v) is 20.6. The highest BCUT2D eigenvalue weighted by atomic mass is 32.2. The van der Waals surface area contributed by atoms with Gasteiger partial charge in [0.05, 0.1) is 16.8 Å². The van der Waals surface area contributed by atoms with Crippen molar-refractivity contribution in [3.05, 3.63) is 76.4 Å². The number of benzene rings is 2. The van der Waals surface area contributed by atoms with E-state index in [1.54, 1.807) is 4.57 Å². The summed E-state index contributed by atoms with van der Waals surface area (Å²) in [7, 11) is 0. The van der Waals surface area contributed by atoms with E-state index in [1.807, 2.05) is 70.9 Å². The van der Waals surface area contributed by atoms with Gasteiger partial charge in [0.25, 0.3) is 5.56 Å². The zero-order chi connectivity index (χ0) is 23.5. The van der Waals surface area contributed by atoms with Crippen LogP contribution in [0.4, 0.5) is 0 Å². The molecule has 0 aliphatic carbocycles. The van der Waals surface area contributed by atoms with Gasteiger partial charge < -0.3 is 9.80 Å². The van der Waals surface area contributed by atoms with Crippen molar-refractivity contribution in [2.24, 2.45) is 0 Å². The molecule has 6 nitrogen and oxygen atoms in total. The van der Waals surface area contributed by atoms with E-state index in [2.05, 4.69) is 11.8 Å². The van der Waals surface area contributed by atoms with E-state index in [-0.39, 0.29) is 17.2 Å². The summed E-state index contributed by atoms with van der Waals surface area (Å²) in [6, 6.07) is 19.5. The highest BCUT2D eigenvalue weighted by molar-refractivity contribution is 7.99. The van der Waals surface area contributed by atoms with E-state index in [0.717, 1.165) is 49.5 Å². The smallest absolute Gasteiger partial charge is 0.268 e. The topological polar surface area (TPSA) is 58.4 Å². The van der Waals surface area contributed by atoms with Crippen LogP contribution in [-0.4, -0.2) is 63.7 Å².